The largest absolute Gasteiger partial charge is 0.497 e. The number of aliphatic hydroxyl groups excluding tert-OH is 1. The summed E-state index contributed by atoms with van der Waals surface area (Å²) < 4.78 is 7.62. The zero-order valence-corrected chi connectivity index (χ0v) is 20.1. The standard InChI is InChI=1S/C26H33N5O3/c1-4-10-28-25(33)31-17-26(15-30(16-26)13-18-7-5-6-11-27-18)23-20-9-8-19(34-3)12-21(20)29(2)24(23)22(31)14-32/h5-9,11-12,22,32H,4,10,13-17H2,1-3H3,(H,28,33)/t22-/m0/s1. The maximum atomic E-state index is 13.2. The third kappa shape index (κ3) is 3.61. The number of nitrogens with one attached hydrogen (secondary N) is 1. The van der Waals surface area contributed by atoms with Gasteiger partial charge in [-0.3, -0.25) is 9.88 Å². The number of aryl methyl sites for hydroxylation is 1. The van der Waals surface area contributed by atoms with Crippen molar-refractivity contribution < 1.29 is 14.6 Å². The predicted octanol–water partition coefficient (Wildman–Crippen LogP) is 2.80. The molecule has 2 amide bonds. The van der Waals surface area contributed by atoms with Gasteiger partial charge in [-0.2, -0.15) is 0 Å². The number of likely N-dealkylation sites (tertiary alicyclic amines) is 1. The zero-order valence-electron chi connectivity index (χ0n) is 20.1. The molecule has 8 heteroatoms. The van der Waals surface area contributed by atoms with E-state index in [0.29, 0.717) is 13.1 Å². The number of ether oxygens (including phenoxy) is 1. The van der Waals surface area contributed by atoms with Crippen molar-refractivity contribution in [3.8, 4) is 5.75 Å². The first-order chi connectivity index (χ1) is 16.5. The zero-order chi connectivity index (χ0) is 23.9. The van der Waals surface area contributed by atoms with Gasteiger partial charge in [0.15, 0.2) is 0 Å². The first kappa shape index (κ1) is 22.7. The maximum Gasteiger partial charge on any atom is 0.318 e. The van der Waals surface area contributed by atoms with Gasteiger partial charge in [0, 0.05) is 68.5 Å². The van der Waals surface area contributed by atoms with Crippen molar-refractivity contribution in [1.82, 2.24) is 24.7 Å². The minimum absolute atomic E-state index is 0.114. The van der Waals surface area contributed by atoms with E-state index >= 15 is 0 Å². The van der Waals surface area contributed by atoms with Crippen LogP contribution in [0.15, 0.2) is 42.6 Å². The molecule has 1 spiro atoms. The lowest BCUT2D eigenvalue weighted by atomic mass is 9.68. The molecule has 1 atom stereocenters. The van der Waals surface area contributed by atoms with Crippen LogP contribution in [-0.4, -0.2) is 70.4 Å². The fraction of sp³-hybridized carbons (Fsp3) is 0.462. The molecule has 2 N–H and O–H groups in total. The van der Waals surface area contributed by atoms with E-state index in [9.17, 15) is 9.90 Å². The summed E-state index contributed by atoms with van der Waals surface area (Å²) >= 11 is 0. The van der Waals surface area contributed by atoms with Crippen LogP contribution < -0.4 is 10.1 Å². The molecule has 0 unspecified atom stereocenters. The number of aliphatic hydroxyl groups is 1. The third-order valence-electron chi connectivity index (χ3n) is 7.27. The number of urea groups is 1. The number of hydrogen-bond donors (Lipinski definition) is 2. The Bertz CT molecular complexity index is 1190. The number of benzene rings is 1. The van der Waals surface area contributed by atoms with Gasteiger partial charge in [0.1, 0.15) is 5.75 Å². The van der Waals surface area contributed by atoms with Crippen molar-refractivity contribution in [3.63, 3.8) is 0 Å². The number of amides is 2. The van der Waals surface area contributed by atoms with Gasteiger partial charge in [0.25, 0.3) is 0 Å². The lowest BCUT2D eigenvalue weighted by Gasteiger charge is -2.56. The van der Waals surface area contributed by atoms with Crippen molar-refractivity contribution in [3.05, 3.63) is 59.5 Å². The van der Waals surface area contributed by atoms with Gasteiger partial charge in [0.05, 0.1) is 31.0 Å². The molecule has 34 heavy (non-hydrogen) atoms. The van der Waals surface area contributed by atoms with Crippen LogP contribution in [-0.2, 0) is 19.0 Å². The smallest absolute Gasteiger partial charge is 0.318 e. The molecular formula is C26H33N5O3. The molecule has 1 aromatic carbocycles. The Kier molecular flexibility index (Phi) is 5.95. The van der Waals surface area contributed by atoms with Crippen molar-refractivity contribution >= 4 is 16.9 Å². The van der Waals surface area contributed by atoms with Crippen LogP contribution in [0.5, 0.6) is 5.75 Å². The molecule has 1 fully saturated rings. The van der Waals surface area contributed by atoms with Crippen LogP contribution >= 0.6 is 0 Å². The maximum absolute atomic E-state index is 13.2. The Morgan fingerprint density at radius 2 is 2.09 bits per heavy atom. The first-order valence-electron chi connectivity index (χ1n) is 12.0. The second kappa shape index (κ2) is 8.92. The summed E-state index contributed by atoms with van der Waals surface area (Å²) in [6.45, 7) is 5.55. The van der Waals surface area contributed by atoms with Gasteiger partial charge in [-0.05, 0) is 36.2 Å². The van der Waals surface area contributed by atoms with Crippen LogP contribution in [0.3, 0.4) is 0 Å². The Hall–Kier alpha value is -3.10. The number of nitrogens with zero attached hydrogens (tertiary/aromatic N) is 4. The van der Waals surface area contributed by atoms with E-state index < -0.39 is 6.04 Å². The van der Waals surface area contributed by atoms with E-state index in [0.717, 1.165) is 48.7 Å². The van der Waals surface area contributed by atoms with E-state index in [1.807, 2.05) is 55.4 Å². The first-order valence-corrected chi connectivity index (χ1v) is 12.0. The topological polar surface area (TPSA) is 82.9 Å². The number of aromatic nitrogens is 2. The highest BCUT2D eigenvalue weighted by molar-refractivity contribution is 5.90. The molecule has 0 saturated carbocycles. The van der Waals surface area contributed by atoms with E-state index in [1.54, 1.807) is 7.11 Å². The molecule has 0 aliphatic carbocycles. The van der Waals surface area contributed by atoms with Crippen molar-refractivity contribution in [2.24, 2.45) is 7.05 Å². The highest BCUT2D eigenvalue weighted by atomic mass is 16.5. The Morgan fingerprint density at radius 1 is 1.26 bits per heavy atom. The van der Waals surface area contributed by atoms with Gasteiger partial charge in [0.2, 0.25) is 0 Å². The number of hydrogen-bond acceptors (Lipinski definition) is 5. The fourth-order valence-corrected chi connectivity index (χ4v) is 5.81. The normalized spacial score (nSPS) is 19.2. The number of rotatable bonds is 6. The molecule has 0 bridgehead atoms. The number of pyridine rings is 1. The Balaban J connectivity index is 1.58. The van der Waals surface area contributed by atoms with E-state index in [4.69, 9.17) is 4.74 Å². The Morgan fingerprint density at radius 3 is 2.76 bits per heavy atom. The molecule has 2 aromatic heterocycles. The molecular weight excluding hydrogens is 430 g/mol. The number of fused-ring (bicyclic) bond motifs is 4. The second-order valence-electron chi connectivity index (χ2n) is 9.51. The predicted molar refractivity (Wildman–Crippen MR) is 131 cm³/mol. The molecule has 4 heterocycles. The lowest BCUT2D eigenvalue weighted by molar-refractivity contribution is 0.00491. The minimum atomic E-state index is -0.397. The van der Waals surface area contributed by atoms with Gasteiger partial charge >= 0.3 is 6.03 Å². The van der Waals surface area contributed by atoms with Crippen molar-refractivity contribution in [2.75, 3.05) is 39.9 Å². The van der Waals surface area contributed by atoms with E-state index in [1.165, 1.54) is 10.9 Å². The lowest BCUT2D eigenvalue weighted by Crippen LogP contribution is -2.67. The van der Waals surface area contributed by atoms with E-state index in [2.05, 4.69) is 25.8 Å². The summed E-state index contributed by atoms with van der Waals surface area (Å²) in [6.07, 6.45) is 2.69. The van der Waals surface area contributed by atoms with Crippen LogP contribution in [0.1, 0.15) is 36.3 Å². The minimum Gasteiger partial charge on any atom is -0.497 e. The highest BCUT2D eigenvalue weighted by Crippen LogP contribution is 2.49. The van der Waals surface area contributed by atoms with Crippen molar-refractivity contribution in [1.29, 1.82) is 0 Å². The molecule has 5 rings (SSSR count). The summed E-state index contributed by atoms with van der Waals surface area (Å²) in [5.74, 6) is 0.794. The van der Waals surface area contributed by atoms with Gasteiger partial charge < -0.3 is 24.6 Å². The molecule has 2 aliphatic heterocycles. The highest BCUT2D eigenvalue weighted by Gasteiger charge is 2.54. The van der Waals surface area contributed by atoms with Crippen LogP contribution in [0.2, 0.25) is 0 Å². The number of carbonyl (C=O) groups is 1. The average molecular weight is 464 g/mol. The molecule has 180 valence electrons. The Labute approximate surface area is 200 Å². The second-order valence-corrected chi connectivity index (χ2v) is 9.51. The third-order valence-corrected chi connectivity index (χ3v) is 7.27. The van der Waals surface area contributed by atoms with Crippen LogP contribution in [0.25, 0.3) is 10.9 Å². The summed E-state index contributed by atoms with van der Waals surface area (Å²) in [4.78, 5) is 21.9. The number of carbonyl (C=O) groups excluding carboxylic acids is 1. The van der Waals surface area contributed by atoms with Crippen molar-refractivity contribution in [2.45, 2.75) is 31.3 Å². The van der Waals surface area contributed by atoms with E-state index in [-0.39, 0.29) is 18.1 Å². The molecule has 0 radical (unpaired) electrons. The summed E-state index contributed by atoms with van der Waals surface area (Å²) in [5.41, 5.74) is 4.17. The monoisotopic (exact) mass is 463 g/mol. The molecule has 1 saturated heterocycles. The van der Waals surface area contributed by atoms with Crippen LogP contribution in [0.4, 0.5) is 4.79 Å². The average Bonchev–Trinajstić information content (AvgIpc) is 3.14. The summed E-state index contributed by atoms with van der Waals surface area (Å²) in [6, 6.07) is 11.6. The quantitative estimate of drug-likeness (QED) is 0.588. The molecule has 2 aliphatic rings. The summed E-state index contributed by atoms with van der Waals surface area (Å²) in [5, 5.41) is 14.7. The SMILES string of the molecule is CCCNC(=O)N1CC2(CN(Cc3ccccn3)C2)c2c(n(C)c3cc(OC)ccc23)[C@@H]1CO. The summed E-state index contributed by atoms with van der Waals surface area (Å²) in [7, 11) is 3.69. The van der Waals surface area contributed by atoms with Gasteiger partial charge in [-0.15, -0.1) is 0 Å². The molecule has 8 nitrogen and oxygen atoms in total. The van der Waals surface area contributed by atoms with Crippen LogP contribution in [0, 0.1) is 0 Å². The fourth-order valence-electron chi connectivity index (χ4n) is 5.81. The number of methoxy groups -OCH3 is 1. The van der Waals surface area contributed by atoms with Gasteiger partial charge in [-0.25, -0.2) is 4.79 Å². The molecule has 3 aromatic rings. The van der Waals surface area contributed by atoms with Gasteiger partial charge in [-0.1, -0.05) is 13.0 Å².